The number of halogens is 1. The molecule has 36 heavy (non-hydrogen) atoms. The third-order valence-corrected chi connectivity index (χ3v) is 7.34. The van der Waals surface area contributed by atoms with E-state index in [2.05, 4.69) is 15.3 Å². The molecular formula is C27H32ClN5O3. The van der Waals surface area contributed by atoms with Crippen LogP contribution in [-0.2, 0) is 9.59 Å². The van der Waals surface area contributed by atoms with E-state index in [0.29, 0.717) is 17.9 Å². The van der Waals surface area contributed by atoms with Crippen molar-refractivity contribution < 1.29 is 14.3 Å². The summed E-state index contributed by atoms with van der Waals surface area (Å²) in [5, 5.41) is 3.71. The Bertz CT molecular complexity index is 1240. The number of amides is 2. The number of ether oxygens (including phenoxy) is 1. The normalized spacial score (nSPS) is 26.8. The largest absolute Gasteiger partial charge is 0.487 e. The van der Waals surface area contributed by atoms with E-state index in [-0.39, 0.29) is 42.1 Å². The van der Waals surface area contributed by atoms with E-state index in [4.69, 9.17) is 22.1 Å². The summed E-state index contributed by atoms with van der Waals surface area (Å²) in [6.45, 7) is 7.81. The Hall–Kier alpha value is -3.13. The molecule has 3 aliphatic rings. The van der Waals surface area contributed by atoms with Crippen LogP contribution in [0.15, 0.2) is 47.7 Å². The number of para-hydroxylation sites is 1. The maximum Gasteiger partial charge on any atom is 0.232 e. The minimum atomic E-state index is -0.571. The molecule has 190 valence electrons. The summed E-state index contributed by atoms with van der Waals surface area (Å²) in [5.74, 6) is 0.378. The smallest absolute Gasteiger partial charge is 0.232 e. The summed E-state index contributed by atoms with van der Waals surface area (Å²) in [7, 11) is 0. The van der Waals surface area contributed by atoms with Crippen molar-refractivity contribution in [2.45, 2.75) is 70.2 Å². The molecule has 1 aromatic carbocycles. The van der Waals surface area contributed by atoms with Crippen LogP contribution in [0.3, 0.4) is 0 Å². The Morgan fingerprint density at radius 3 is 2.72 bits per heavy atom. The van der Waals surface area contributed by atoms with E-state index in [9.17, 15) is 9.59 Å². The second kappa shape index (κ2) is 8.76. The molecule has 2 unspecified atom stereocenters. The van der Waals surface area contributed by atoms with Gasteiger partial charge < -0.3 is 15.8 Å². The number of hydrogen-bond donors (Lipinski definition) is 2. The number of hydrogen-bond acceptors (Lipinski definition) is 6. The second-order valence-electron chi connectivity index (χ2n) is 11.3. The predicted molar refractivity (Wildman–Crippen MR) is 137 cm³/mol. The Labute approximate surface area is 216 Å². The number of fused-ring (bicyclic) bond motifs is 1. The van der Waals surface area contributed by atoms with Crippen LogP contribution in [0.25, 0.3) is 0 Å². The molecule has 1 fully saturated rings. The molecule has 2 aromatic rings. The minimum absolute atomic E-state index is 0.0437. The summed E-state index contributed by atoms with van der Waals surface area (Å²) in [6, 6.07) is 8.96. The Morgan fingerprint density at radius 2 is 2.00 bits per heavy atom. The van der Waals surface area contributed by atoms with Crippen molar-refractivity contribution in [2.75, 3.05) is 0 Å². The van der Waals surface area contributed by atoms with Gasteiger partial charge in [-0.3, -0.25) is 19.5 Å². The number of carbonyl (C=O) groups excluding carboxylic acids is 2. The molecular weight excluding hydrogens is 478 g/mol. The van der Waals surface area contributed by atoms with Gasteiger partial charge in [0.1, 0.15) is 11.4 Å². The fourth-order valence-electron chi connectivity index (χ4n) is 5.54. The zero-order chi connectivity index (χ0) is 25.8. The highest BCUT2D eigenvalue weighted by atomic mass is 35.5. The molecule has 0 spiro atoms. The van der Waals surface area contributed by atoms with Crippen molar-refractivity contribution in [1.29, 1.82) is 0 Å². The number of pyridine rings is 1. The van der Waals surface area contributed by atoms with Crippen LogP contribution < -0.4 is 15.8 Å². The Balaban J connectivity index is 1.41. The van der Waals surface area contributed by atoms with Gasteiger partial charge in [0, 0.05) is 30.3 Å². The lowest BCUT2D eigenvalue weighted by Gasteiger charge is -2.38. The van der Waals surface area contributed by atoms with E-state index in [0.717, 1.165) is 16.9 Å². The lowest BCUT2D eigenvalue weighted by atomic mass is 9.89. The molecule has 1 aliphatic carbocycles. The van der Waals surface area contributed by atoms with Crippen LogP contribution in [-0.4, -0.2) is 38.8 Å². The number of benzene rings is 1. The first-order valence-electron chi connectivity index (χ1n) is 12.3. The van der Waals surface area contributed by atoms with Crippen LogP contribution in [0, 0.1) is 11.8 Å². The number of nitrogens with zero attached hydrogens (tertiary/aromatic N) is 3. The summed E-state index contributed by atoms with van der Waals surface area (Å²) in [4.78, 5) is 37.1. The van der Waals surface area contributed by atoms with Crippen molar-refractivity contribution in [3.05, 3.63) is 58.9 Å². The lowest BCUT2D eigenvalue weighted by Crippen LogP contribution is -2.52. The van der Waals surface area contributed by atoms with Crippen LogP contribution in [0.5, 0.6) is 5.75 Å². The molecule has 1 aromatic heterocycles. The standard InChI is InChI=1S/C27H32ClN5O3/c1-26(2)12-22(34)33(25(29)32-26)23(15-9-16(28)14-30-13-15)18-10-19(18)24(35)31-20-11-27(3,4)36-21-8-6-5-7-17(20)21/h5-9,13-14,18-20,23H,10-12H2,1-4H3,(H2,29,32)(H,31,35)/t18?,19?,20-,23+/m0/s1. The molecule has 2 aliphatic heterocycles. The van der Waals surface area contributed by atoms with Crippen LogP contribution >= 0.6 is 11.6 Å². The number of aromatic nitrogens is 1. The van der Waals surface area contributed by atoms with Crippen molar-refractivity contribution >= 4 is 29.4 Å². The molecule has 2 amide bonds. The summed E-state index contributed by atoms with van der Waals surface area (Å²) < 4.78 is 6.11. The summed E-state index contributed by atoms with van der Waals surface area (Å²) in [5.41, 5.74) is 7.07. The second-order valence-corrected chi connectivity index (χ2v) is 11.7. The van der Waals surface area contributed by atoms with Crippen molar-refractivity contribution in [1.82, 2.24) is 15.2 Å². The molecule has 9 heteroatoms. The van der Waals surface area contributed by atoms with Crippen LogP contribution in [0.4, 0.5) is 0 Å². The molecule has 5 rings (SSSR count). The highest BCUT2D eigenvalue weighted by Gasteiger charge is 2.53. The maximum atomic E-state index is 13.5. The molecule has 0 radical (unpaired) electrons. The number of nitrogens with two attached hydrogens (primary N) is 1. The molecule has 4 atom stereocenters. The van der Waals surface area contributed by atoms with Gasteiger partial charge in [0.2, 0.25) is 11.8 Å². The highest BCUT2D eigenvalue weighted by molar-refractivity contribution is 6.30. The van der Waals surface area contributed by atoms with Gasteiger partial charge in [-0.2, -0.15) is 0 Å². The average Bonchev–Trinajstić information content (AvgIpc) is 3.55. The summed E-state index contributed by atoms with van der Waals surface area (Å²) in [6.07, 6.45) is 4.74. The number of rotatable bonds is 5. The molecule has 8 nitrogen and oxygen atoms in total. The zero-order valence-electron chi connectivity index (χ0n) is 21.0. The Kier molecular flexibility index (Phi) is 5.98. The number of aliphatic imine (C=N–C) groups is 1. The van der Waals surface area contributed by atoms with Gasteiger partial charge in [-0.05, 0) is 57.7 Å². The van der Waals surface area contributed by atoms with Crippen molar-refractivity contribution in [3.63, 3.8) is 0 Å². The monoisotopic (exact) mass is 509 g/mol. The molecule has 3 heterocycles. The van der Waals surface area contributed by atoms with Crippen molar-refractivity contribution in [3.8, 4) is 5.75 Å². The SMILES string of the molecule is CC1(C)CC(=O)N([C@H](c2cncc(Cl)c2)C2CC2C(=O)N[C@H]2CC(C)(C)Oc3ccccc32)C(N)=N1. The third kappa shape index (κ3) is 4.78. The topological polar surface area (TPSA) is 110 Å². The van der Waals surface area contributed by atoms with E-state index in [1.807, 2.05) is 52.0 Å². The van der Waals surface area contributed by atoms with E-state index in [1.165, 1.54) is 4.90 Å². The third-order valence-electron chi connectivity index (χ3n) is 7.14. The molecule has 0 bridgehead atoms. The first-order chi connectivity index (χ1) is 16.9. The van der Waals surface area contributed by atoms with E-state index in [1.54, 1.807) is 18.5 Å². The van der Waals surface area contributed by atoms with Gasteiger partial charge in [0.05, 0.1) is 29.1 Å². The van der Waals surface area contributed by atoms with Crippen molar-refractivity contribution in [2.24, 2.45) is 22.6 Å². The highest BCUT2D eigenvalue weighted by Crippen LogP contribution is 2.52. The first-order valence-corrected chi connectivity index (χ1v) is 12.7. The lowest BCUT2D eigenvalue weighted by molar-refractivity contribution is -0.132. The van der Waals surface area contributed by atoms with Gasteiger partial charge >= 0.3 is 0 Å². The van der Waals surface area contributed by atoms with Gasteiger partial charge in [-0.1, -0.05) is 29.8 Å². The predicted octanol–water partition coefficient (Wildman–Crippen LogP) is 4.16. The minimum Gasteiger partial charge on any atom is -0.487 e. The molecule has 1 saturated carbocycles. The molecule has 0 saturated heterocycles. The molecule has 3 N–H and O–H groups in total. The van der Waals surface area contributed by atoms with Crippen LogP contribution in [0.1, 0.15) is 70.2 Å². The first kappa shape index (κ1) is 24.6. The average molecular weight is 510 g/mol. The van der Waals surface area contributed by atoms with Gasteiger partial charge in [-0.15, -0.1) is 0 Å². The van der Waals surface area contributed by atoms with Crippen LogP contribution in [0.2, 0.25) is 5.02 Å². The summed E-state index contributed by atoms with van der Waals surface area (Å²) >= 11 is 6.25. The van der Waals surface area contributed by atoms with Gasteiger partial charge in [0.15, 0.2) is 5.96 Å². The number of nitrogens with one attached hydrogen (secondary N) is 1. The van der Waals surface area contributed by atoms with Gasteiger partial charge in [-0.25, -0.2) is 4.99 Å². The quantitative estimate of drug-likeness (QED) is 0.629. The fraction of sp³-hybridized carbons (Fsp3) is 0.481. The van der Waals surface area contributed by atoms with E-state index >= 15 is 0 Å². The number of carbonyl (C=O) groups is 2. The van der Waals surface area contributed by atoms with Gasteiger partial charge in [0.25, 0.3) is 0 Å². The Morgan fingerprint density at radius 1 is 1.25 bits per heavy atom. The number of guanidine groups is 1. The van der Waals surface area contributed by atoms with E-state index < -0.39 is 17.2 Å². The zero-order valence-corrected chi connectivity index (χ0v) is 21.7. The maximum absolute atomic E-state index is 13.5. The fourth-order valence-corrected chi connectivity index (χ4v) is 5.72.